The van der Waals surface area contributed by atoms with E-state index in [0.717, 1.165) is 10.9 Å². The zero-order valence-corrected chi connectivity index (χ0v) is 7.86. The molecule has 0 aliphatic rings. The molecule has 0 radical (unpaired) electrons. The van der Waals surface area contributed by atoms with E-state index in [4.69, 9.17) is 5.11 Å². The molecule has 1 heterocycles. The molecule has 3 heteroatoms. The summed E-state index contributed by atoms with van der Waals surface area (Å²) in [5.74, 6) is 0.0891. The number of aliphatic hydroxyl groups is 1. The summed E-state index contributed by atoms with van der Waals surface area (Å²) in [4.78, 5) is 4.22. The van der Waals surface area contributed by atoms with Gasteiger partial charge < -0.3 is 10.2 Å². The predicted octanol–water partition coefficient (Wildman–Crippen LogP) is 1.74. The molecule has 1 aromatic carbocycles. The summed E-state index contributed by atoms with van der Waals surface area (Å²) in [5.41, 5.74) is 1.90. The fourth-order valence-corrected chi connectivity index (χ4v) is 1.57. The number of hydrogen-bond donors (Lipinski definition) is 2. The van der Waals surface area contributed by atoms with Gasteiger partial charge >= 0.3 is 0 Å². The Morgan fingerprint density at radius 3 is 2.71 bits per heavy atom. The van der Waals surface area contributed by atoms with E-state index in [1.165, 1.54) is 0 Å². The lowest BCUT2D eigenvalue weighted by atomic mass is 10.1. The minimum absolute atomic E-state index is 0.0891. The third-order valence-corrected chi connectivity index (χ3v) is 2.30. The number of hydrogen-bond acceptors (Lipinski definition) is 3. The van der Waals surface area contributed by atoms with Crippen LogP contribution in [-0.4, -0.2) is 15.2 Å². The maximum Gasteiger partial charge on any atom is 0.142 e. The highest BCUT2D eigenvalue weighted by atomic mass is 16.3. The van der Waals surface area contributed by atoms with Gasteiger partial charge in [-0.1, -0.05) is 18.2 Å². The Kier molecular flexibility index (Phi) is 2.09. The molecule has 0 atom stereocenters. The van der Waals surface area contributed by atoms with Gasteiger partial charge in [0, 0.05) is 10.9 Å². The lowest BCUT2D eigenvalue weighted by molar-refractivity contribution is 0.277. The molecule has 0 bridgehead atoms. The van der Waals surface area contributed by atoms with Crippen LogP contribution in [0.25, 0.3) is 10.9 Å². The number of aromatic nitrogens is 1. The highest BCUT2D eigenvalue weighted by Gasteiger charge is 2.09. The molecule has 0 saturated carbocycles. The maximum atomic E-state index is 9.67. The summed E-state index contributed by atoms with van der Waals surface area (Å²) >= 11 is 0. The number of fused-ring (bicyclic) bond motifs is 1. The molecule has 0 fully saturated rings. The SMILES string of the molecule is Cc1nc2ccccc2c(CO)c1O. The van der Waals surface area contributed by atoms with E-state index in [2.05, 4.69) is 4.98 Å². The topological polar surface area (TPSA) is 53.4 Å². The van der Waals surface area contributed by atoms with Crippen LogP contribution >= 0.6 is 0 Å². The second-order valence-electron chi connectivity index (χ2n) is 3.20. The molecular formula is C11H11NO2. The Morgan fingerprint density at radius 1 is 1.29 bits per heavy atom. The maximum absolute atomic E-state index is 9.67. The molecule has 0 aliphatic carbocycles. The number of nitrogens with zero attached hydrogens (tertiary/aromatic N) is 1. The Morgan fingerprint density at radius 2 is 2.00 bits per heavy atom. The van der Waals surface area contributed by atoms with E-state index in [9.17, 15) is 5.11 Å². The summed E-state index contributed by atoms with van der Waals surface area (Å²) in [6.07, 6.45) is 0. The number of aryl methyl sites for hydroxylation is 1. The molecule has 72 valence electrons. The molecule has 14 heavy (non-hydrogen) atoms. The van der Waals surface area contributed by atoms with Crippen molar-refractivity contribution in [2.45, 2.75) is 13.5 Å². The number of para-hydroxylation sites is 1. The number of pyridine rings is 1. The Labute approximate surface area is 81.7 Å². The van der Waals surface area contributed by atoms with Gasteiger partial charge in [0.2, 0.25) is 0 Å². The van der Waals surface area contributed by atoms with Crippen LogP contribution in [0.2, 0.25) is 0 Å². The summed E-state index contributed by atoms with van der Waals surface area (Å²) in [6.45, 7) is 1.55. The fraction of sp³-hybridized carbons (Fsp3) is 0.182. The van der Waals surface area contributed by atoms with Crippen LogP contribution in [0.15, 0.2) is 24.3 Å². The summed E-state index contributed by atoms with van der Waals surface area (Å²) < 4.78 is 0. The number of aromatic hydroxyl groups is 1. The average molecular weight is 189 g/mol. The highest BCUT2D eigenvalue weighted by Crippen LogP contribution is 2.27. The van der Waals surface area contributed by atoms with Crippen LogP contribution < -0.4 is 0 Å². The molecule has 2 N–H and O–H groups in total. The molecule has 0 amide bonds. The van der Waals surface area contributed by atoms with Gasteiger partial charge in [-0.3, -0.25) is 0 Å². The number of aliphatic hydroxyl groups excluding tert-OH is 1. The summed E-state index contributed by atoms with van der Waals surface area (Å²) in [7, 11) is 0. The molecule has 0 unspecified atom stereocenters. The van der Waals surface area contributed by atoms with Crippen LogP contribution in [0.1, 0.15) is 11.3 Å². The second kappa shape index (κ2) is 3.27. The monoisotopic (exact) mass is 189 g/mol. The van der Waals surface area contributed by atoms with Crippen molar-refractivity contribution in [3.63, 3.8) is 0 Å². The molecule has 2 rings (SSSR count). The van der Waals surface area contributed by atoms with Crippen molar-refractivity contribution < 1.29 is 10.2 Å². The van der Waals surface area contributed by atoms with Crippen LogP contribution in [-0.2, 0) is 6.61 Å². The predicted molar refractivity (Wildman–Crippen MR) is 54.1 cm³/mol. The normalized spacial score (nSPS) is 10.7. The zero-order valence-electron chi connectivity index (χ0n) is 7.86. The Balaban J connectivity index is 2.89. The number of rotatable bonds is 1. The Bertz CT molecular complexity index is 480. The molecule has 0 spiro atoms. The quantitative estimate of drug-likeness (QED) is 0.718. The van der Waals surface area contributed by atoms with Gasteiger partial charge in [0.25, 0.3) is 0 Å². The van der Waals surface area contributed by atoms with E-state index >= 15 is 0 Å². The van der Waals surface area contributed by atoms with E-state index in [-0.39, 0.29) is 12.4 Å². The summed E-state index contributed by atoms with van der Waals surface area (Å²) in [5, 5.41) is 19.6. The Hall–Kier alpha value is -1.61. The van der Waals surface area contributed by atoms with Gasteiger partial charge in [0.05, 0.1) is 17.8 Å². The van der Waals surface area contributed by atoms with E-state index in [1.807, 2.05) is 24.3 Å². The summed E-state index contributed by atoms with van der Waals surface area (Å²) in [6, 6.07) is 7.44. The van der Waals surface area contributed by atoms with Crippen molar-refractivity contribution in [1.82, 2.24) is 4.98 Å². The first-order chi connectivity index (χ1) is 6.74. The van der Waals surface area contributed by atoms with Gasteiger partial charge in [0.1, 0.15) is 5.75 Å². The third-order valence-electron chi connectivity index (χ3n) is 2.30. The number of benzene rings is 1. The van der Waals surface area contributed by atoms with Crippen LogP contribution in [0.3, 0.4) is 0 Å². The first kappa shape index (κ1) is 8.97. The standard InChI is InChI=1S/C11H11NO2/c1-7-11(14)9(6-13)8-4-2-3-5-10(8)12-7/h2-5,13-14H,6H2,1H3. The van der Waals surface area contributed by atoms with Crippen molar-refractivity contribution in [2.75, 3.05) is 0 Å². The van der Waals surface area contributed by atoms with Crippen molar-refractivity contribution >= 4 is 10.9 Å². The smallest absolute Gasteiger partial charge is 0.142 e. The minimum Gasteiger partial charge on any atom is -0.506 e. The molecule has 0 saturated heterocycles. The average Bonchev–Trinajstić information content (AvgIpc) is 2.20. The van der Waals surface area contributed by atoms with Crippen molar-refractivity contribution in [1.29, 1.82) is 0 Å². The molecule has 2 aromatic rings. The first-order valence-electron chi connectivity index (χ1n) is 4.42. The van der Waals surface area contributed by atoms with Crippen molar-refractivity contribution in [2.24, 2.45) is 0 Å². The second-order valence-corrected chi connectivity index (χ2v) is 3.20. The van der Waals surface area contributed by atoms with Gasteiger partial charge in [0.15, 0.2) is 0 Å². The molecule has 3 nitrogen and oxygen atoms in total. The van der Waals surface area contributed by atoms with E-state index in [0.29, 0.717) is 11.3 Å². The lowest BCUT2D eigenvalue weighted by Gasteiger charge is -2.08. The van der Waals surface area contributed by atoms with Gasteiger partial charge in [-0.05, 0) is 13.0 Å². The van der Waals surface area contributed by atoms with E-state index in [1.54, 1.807) is 6.92 Å². The highest BCUT2D eigenvalue weighted by molar-refractivity contribution is 5.84. The zero-order chi connectivity index (χ0) is 10.1. The first-order valence-corrected chi connectivity index (χ1v) is 4.42. The minimum atomic E-state index is -0.171. The molecule has 0 aliphatic heterocycles. The van der Waals surface area contributed by atoms with Crippen molar-refractivity contribution in [3.8, 4) is 5.75 Å². The molecular weight excluding hydrogens is 178 g/mol. The van der Waals surface area contributed by atoms with Crippen molar-refractivity contribution in [3.05, 3.63) is 35.5 Å². The molecule has 1 aromatic heterocycles. The van der Waals surface area contributed by atoms with E-state index < -0.39 is 0 Å². The third kappa shape index (κ3) is 1.22. The van der Waals surface area contributed by atoms with Gasteiger partial charge in [-0.2, -0.15) is 0 Å². The van der Waals surface area contributed by atoms with Crippen LogP contribution in [0, 0.1) is 6.92 Å². The van der Waals surface area contributed by atoms with Crippen LogP contribution in [0.5, 0.6) is 5.75 Å². The lowest BCUT2D eigenvalue weighted by Crippen LogP contribution is -1.93. The van der Waals surface area contributed by atoms with Crippen LogP contribution in [0.4, 0.5) is 0 Å². The largest absolute Gasteiger partial charge is 0.506 e. The fourth-order valence-electron chi connectivity index (χ4n) is 1.57. The van der Waals surface area contributed by atoms with Gasteiger partial charge in [-0.15, -0.1) is 0 Å². The van der Waals surface area contributed by atoms with Gasteiger partial charge in [-0.25, -0.2) is 4.98 Å².